The molecule has 32 heavy (non-hydrogen) atoms. The van der Waals surface area contributed by atoms with Gasteiger partial charge in [0.25, 0.3) is 0 Å². The van der Waals surface area contributed by atoms with Crippen LogP contribution < -0.4 is 16.9 Å². The van der Waals surface area contributed by atoms with Crippen LogP contribution >= 0.6 is 0 Å². The Kier molecular flexibility index (Phi) is 6.10. The van der Waals surface area contributed by atoms with E-state index in [1.165, 1.54) is 10.9 Å². The molecule has 1 aliphatic heterocycles. The summed E-state index contributed by atoms with van der Waals surface area (Å²) in [6.45, 7) is 2.11. The van der Waals surface area contributed by atoms with Gasteiger partial charge >= 0.3 is 0 Å². The van der Waals surface area contributed by atoms with E-state index in [9.17, 15) is 15.0 Å². The summed E-state index contributed by atoms with van der Waals surface area (Å²) in [7, 11) is 0. The lowest BCUT2D eigenvalue weighted by Gasteiger charge is -2.16. The molecular formula is C20H24N8O4. The fourth-order valence-electron chi connectivity index (χ4n) is 3.43. The van der Waals surface area contributed by atoms with Crippen LogP contribution in [0.25, 0.3) is 11.2 Å². The van der Waals surface area contributed by atoms with Gasteiger partial charge < -0.3 is 26.4 Å². The molecule has 7 N–H and O–H groups in total. The maximum atomic E-state index is 12.2. The highest BCUT2D eigenvalue weighted by Crippen LogP contribution is 2.33. The van der Waals surface area contributed by atoms with Gasteiger partial charge in [-0.1, -0.05) is 29.8 Å². The number of hydrogen-bond acceptors (Lipinski definition) is 11. The number of hydrazone groups is 1. The third-order valence-corrected chi connectivity index (χ3v) is 5.12. The summed E-state index contributed by atoms with van der Waals surface area (Å²) in [5.74, 6) is -0.206. The molecule has 3 aromatic rings. The average molecular weight is 440 g/mol. The Morgan fingerprint density at radius 2 is 2.03 bits per heavy atom. The van der Waals surface area contributed by atoms with Crippen molar-refractivity contribution in [2.45, 2.75) is 37.9 Å². The van der Waals surface area contributed by atoms with Crippen LogP contribution in [0.1, 0.15) is 23.8 Å². The average Bonchev–Trinajstić information content (AvgIpc) is 3.31. The number of Topliss-reactive ketones (excluding diaryl/α,β-unsaturated/α-hetero) is 1. The highest BCUT2D eigenvalue weighted by Gasteiger charge is 2.47. The van der Waals surface area contributed by atoms with Gasteiger partial charge in [-0.25, -0.2) is 10.4 Å². The number of rotatable bonds is 7. The second-order valence-corrected chi connectivity index (χ2v) is 7.47. The molecule has 0 amide bonds. The lowest BCUT2D eigenvalue weighted by Crippen LogP contribution is -2.36. The molecule has 0 bridgehead atoms. The van der Waals surface area contributed by atoms with Gasteiger partial charge in [-0.3, -0.25) is 9.36 Å². The molecule has 0 saturated carbocycles. The summed E-state index contributed by atoms with van der Waals surface area (Å²) >= 11 is 0. The lowest BCUT2D eigenvalue weighted by molar-refractivity contribution is -0.135. The fraction of sp³-hybridized carbons (Fsp3) is 0.350. The normalized spacial score (nSPS) is 23.2. The molecule has 0 radical (unpaired) electrons. The van der Waals surface area contributed by atoms with E-state index < -0.39 is 30.3 Å². The number of ketones is 1. The van der Waals surface area contributed by atoms with Crippen LogP contribution in [-0.4, -0.2) is 66.6 Å². The highest BCUT2D eigenvalue weighted by atomic mass is 16.6. The molecule has 3 heterocycles. The van der Waals surface area contributed by atoms with Crippen molar-refractivity contribution in [2.24, 2.45) is 10.8 Å². The van der Waals surface area contributed by atoms with Gasteiger partial charge in [0.2, 0.25) is 5.95 Å². The molecule has 1 saturated heterocycles. The number of benzene rings is 1. The molecule has 12 nitrogen and oxygen atoms in total. The zero-order chi connectivity index (χ0) is 22.8. The second kappa shape index (κ2) is 8.96. The Labute approximate surface area is 182 Å². The molecule has 1 fully saturated rings. The number of carbonyl (C=O) groups is 1. The van der Waals surface area contributed by atoms with Gasteiger partial charge in [-0.15, -0.1) is 0 Å². The van der Waals surface area contributed by atoms with Gasteiger partial charge in [-0.2, -0.15) is 15.1 Å². The molecular weight excluding hydrogens is 416 g/mol. The predicted molar refractivity (Wildman–Crippen MR) is 117 cm³/mol. The summed E-state index contributed by atoms with van der Waals surface area (Å²) in [6, 6.07) is 7.77. The van der Waals surface area contributed by atoms with Crippen LogP contribution in [0.4, 0.5) is 11.8 Å². The fourth-order valence-corrected chi connectivity index (χ4v) is 3.43. The van der Waals surface area contributed by atoms with Crippen LogP contribution in [-0.2, 0) is 9.53 Å². The summed E-state index contributed by atoms with van der Waals surface area (Å²) in [5, 5.41) is 24.9. The number of aliphatic hydroxyl groups is 2. The number of aliphatic hydroxyl groups excluding tert-OH is 2. The first kappa shape index (κ1) is 21.8. The first-order valence-corrected chi connectivity index (χ1v) is 9.99. The quantitative estimate of drug-likeness (QED) is 0.241. The summed E-state index contributed by atoms with van der Waals surface area (Å²) in [4.78, 5) is 24.8. The van der Waals surface area contributed by atoms with Gasteiger partial charge in [-0.05, 0) is 19.0 Å². The van der Waals surface area contributed by atoms with Crippen molar-refractivity contribution in [1.29, 1.82) is 0 Å². The Balaban J connectivity index is 1.59. The van der Waals surface area contributed by atoms with Crippen molar-refractivity contribution in [3.05, 3.63) is 41.7 Å². The molecule has 0 unspecified atom stereocenters. The number of hydrogen-bond donors (Lipinski definition) is 5. The molecule has 1 aliphatic rings. The van der Waals surface area contributed by atoms with E-state index in [1.807, 2.05) is 31.2 Å². The number of carbonyl (C=O) groups excluding carboxylic acids is 1. The van der Waals surface area contributed by atoms with Crippen LogP contribution in [0.3, 0.4) is 0 Å². The standard InChI is InChI=1S/C20H24N8O4/c1-10-2-4-11(5-3-10)8-24-27-20-25-17(22)13-18(26-20)28(9-23-13)19-15(31)14(30)16(32-19)12(29)6-7-21/h2-5,8-9,14-16,19,30-31H,6-7,21H2,1H3,(H3,22,25,26,27)/b24-8+/t14-,15+,16+,19+/m0/s1. The number of imidazole rings is 1. The minimum atomic E-state index is -1.41. The van der Waals surface area contributed by atoms with E-state index in [0.717, 1.165) is 11.1 Å². The number of fused-ring (bicyclic) bond motifs is 1. The molecule has 4 atom stereocenters. The van der Waals surface area contributed by atoms with E-state index >= 15 is 0 Å². The molecule has 1 aromatic carbocycles. The van der Waals surface area contributed by atoms with Gasteiger partial charge in [0, 0.05) is 6.42 Å². The van der Waals surface area contributed by atoms with Crippen LogP contribution in [0.15, 0.2) is 35.7 Å². The van der Waals surface area contributed by atoms with Crippen molar-refractivity contribution in [1.82, 2.24) is 19.5 Å². The minimum absolute atomic E-state index is 0.0218. The van der Waals surface area contributed by atoms with Crippen molar-refractivity contribution < 1.29 is 19.7 Å². The Bertz CT molecular complexity index is 1150. The van der Waals surface area contributed by atoms with Crippen molar-refractivity contribution >= 4 is 34.9 Å². The molecule has 12 heteroatoms. The van der Waals surface area contributed by atoms with E-state index in [2.05, 4.69) is 25.5 Å². The van der Waals surface area contributed by atoms with E-state index in [4.69, 9.17) is 16.2 Å². The second-order valence-electron chi connectivity index (χ2n) is 7.47. The first-order valence-electron chi connectivity index (χ1n) is 9.99. The van der Waals surface area contributed by atoms with Crippen LogP contribution in [0, 0.1) is 6.92 Å². The van der Waals surface area contributed by atoms with Gasteiger partial charge in [0.1, 0.15) is 23.8 Å². The van der Waals surface area contributed by atoms with Gasteiger partial charge in [0.15, 0.2) is 23.5 Å². The third kappa shape index (κ3) is 4.16. The van der Waals surface area contributed by atoms with Crippen molar-refractivity contribution in [2.75, 3.05) is 17.7 Å². The third-order valence-electron chi connectivity index (χ3n) is 5.12. The summed E-state index contributed by atoms with van der Waals surface area (Å²) in [6.07, 6.45) is -2.11. The lowest BCUT2D eigenvalue weighted by atomic mass is 10.0. The molecule has 0 aliphatic carbocycles. The number of nitrogens with zero attached hydrogens (tertiary/aromatic N) is 5. The number of aryl methyl sites for hydroxylation is 1. The van der Waals surface area contributed by atoms with Crippen molar-refractivity contribution in [3.63, 3.8) is 0 Å². The topological polar surface area (TPSA) is 187 Å². The zero-order valence-electron chi connectivity index (χ0n) is 17.3. The van der Waals surface area contributed by atoms with Gasteiger partial charge in [0.05, 0.1) is 12.5 Å². The molecule has 0 spiro atoms. The number of nitrogens with one attached hydrogen (secondary N) is 1. The number of nitrogens with two attached hydrogens (primary N) is 2. The highest BCUT2D eigenvalue weighted by molar-refractivity contribution is 5.85. The Morgan fingerprint density at radius 1 is 1.28 bits per heavy atom. The van der Waals surface area contributed by atoms with E-state index in [1.54, 1.807) is 6.21 Å². The largest absolute Gasteiger partial charge is 0.387 e. The maximum Gasteiger partial charge on any atom is 0.247 e. The number of nitrogen functional groups attached to an aromatic ring is 1. The molecule has 4 rings (SSSR count). The SMILES string of the molecule is Cc1ccc(/C=N/Nc2nc(N)c3ncn([C@@H]4O[C@H](C(=O)CCN)[C@@H](O)[C@H]4O)c3n2)cc1. The predicted octanol–water partition coefficient (Wildman–Crippen LogP) is -0.300. The van der Waals surface area contributed by atoms with Crippen molar-refractivity contribution in [3.8, 4) is 0 Å². The number of ether oxygens (including phenoxy) is 1. The number of anilines is 2. The summed E-state index contributed by atoms with van der Waals surface area (Å²) in [5.41, 5.74) is 16.7. The summed E-state index contributed by atoms with van der Waals surface area (Å²) < 4.78 is 7.04. The monoisotopic (exact) mass is 440 g/mol. The Morgan fingerprint density at radius 3 is 2.75 bits per heavy atom. The molecule has 168 valence electrons. The zero-order valence-corrected chi connectivity index (χ0v) is 17.3. The van der Waals surface area contributed by atoms with E-state index in [0.29, 0.717) is 0 Å². The van der Waals surface area contributed by atoms with Crippen LogP contribution in [0.5, 0.6) is 0 Å². The minimum Gasteiger partial charge on any atom is -0.387 e. The van der Waals surface area contributed by atoms with E-state index in [-0.39, 0.29) is 35.9 Å². The van der Waals surface area contributed by atoms with Crippen LogP contribution in [0.2, 0.25) is 0 Å². The first-order chi connectivity index (χ1) is 15.4. The Hall–Kier alpha value is -3.45. The smallest absolute Gasteiger partial charge is 0.247 e. The molecule has 2 aromatic heterocycles. The number of aromatic nitrogens is 4. The maximum absolute atomic E-state index is 12.2.